The SMILES string of the molecule is COC1(Cc2cccc(Cl)c2)CCN(c2ccc(-c3nc(C)ns3)nn2)CC1. The summed E-state index contributed by atoms with van der Waals surface area (Å²) in [5.41, 5.74) is 1.80. The van der Waals surface area contributed by atoms with E-state index in [4.69, 9.17) is 16.3 Å². The van der Waals surface area contributed by atoms with Gasteiger partial charge in [0.15, 0.2) is 10.8 Å². The first kappa shape index (κ1) is 19.2. The summed E-state index contributed by atoms with van der Waals surface area (Å²) in [7, 11) is 1.80. The molecule has 4 rings (SSSR count). The molecule has 0 saturated carbocycles. The van der Waals surface area contributed by atoms with Crippen LogP contribution in [0.5, 0.6) is 0 Å². The first-order valence-corrected chi connectivity index (χ1v) is 10.4. The third kappa shape index (κ3) is 4.16. The summed E-state index contributed by atoms with van der Waals surface area (Å²) in [4.78, 5) is 6.63. The second-order valence-corrected chi connectivity index (χ2v) is 8.29. The van der Waals surface area contributed by atoms with E-state index in [0.717, 1.165) is 59.7 Å². The Morgan fingerprint density at radius 1 is 1.18 bits per heavy atom. The molecule has 1 aliphatic heterocycles. The minimum absolute atomic E-state index is 0.168. The Kier molecular flexibility index (Phi) is 5.57. The lowest BCUT2D eigenvalue weighted by Crippen LogP contribution is -2.47. The first-order chi connectivity index (χ1) is 13.6. The summed E-state index contributed by atoms with van der Waals surface area (Å²) >= 11 is 7.49. The van der Waals surface area contributed by atoms with Gasteiger partial charge in [0.1, 0.15) is 11.5 Å². The van der Waals surface area contributed by atoms with Crippen LogP contribution in [0.15, 0.2) is 36.4 Å². The molecule has 6 nitrogen and oxygen atoms in total. The minimum atomic E-state index is -0.168. The maximum atomic E-state index is 6.14. The molecule has 0 spiro atoms. The van der Waals surface area contributed by atoms with Crippen molar-refractivity contribution < 1.29 is 4.74 Å². The molecule has 2 aromatic heterocycles. The number of piperidine rings is 1. The number of anilines is 1. The van der Waals surface area contributed by atoms with E-state index >= 15 is 0 Å². The van der Waals surface area contributed by atoms with Crippen LogP contribution in [0, 0.1) is 6.92 Å². The fraction of sp³-hybridized carbons (Fsp3) is 0.400. The number of halogens is 1. The molecule has 0 bridgehead atoms. The Bertz CT molecular complexity index is 938. The molecule has 0 amide bonds. The molecule has 146 valence electrons. The van der Waals surface area contributed by atoms with Crippen LogP contribution in [-0.2, 0) is 11.2 Å². The molecule has 1 saturated heterocycles. The summed E-state index contributed by atoms with van der Waals surface area (Å²) in [6.07, 6.45) is 2.71. The number of hydrogen-bond acceptors (Lipinski definition) is 7. The van der Waals surface area contributed by atoms with Crippen molar-refractivity contribution >= 4 is 29.0 Å². The van der Waals surface area contributed by atoms with Crippen molar-refractivity contribution in [3.05, 3.63) is 52.8 Å². The number of aryl methyl sites for hydroxylation is 1. The van der Waals surface area contributed by atoms with Crippen LogP contribution >= 0.6 is 23.1 Å². The number of nitrogens with zero attached hydrogens (tertiary/aromatic N) is 5. The lowest BCUT2D eigenvalue weighted by Gasteiger charge is -2.41. The number of rotatable bonds is 5. The van der Waals surface area contributed by atoms with Crippen molar-refractivity contribution in [2.24, 2.45) is 0 Å². The first-order valence-electron chi connectivity index (χ1n) is 9.26. The maximum Gasteiger partial charge on any atom is 0.164 e. The Hall–Kier alpha value is -2.09. The van der Waals surface area contributed by atoms with E-state index in [-0.39, 0.29) is 5.60 Å². The zero-order chi connectivity index (χ0) is 19.6. The summed E-state index contributed by atoms with van der Waals surface area (Å²) in [5.74, 6) is 1.65. The molecular formula is C20H22ClN5OS. The van der Waals surface area contributed by atoms with Gasteiger partial charge in [-0.3, -0.25) is 0 Å². The fourth-order valence-corrected chi connectivity index (χ4v) is 4.47. The van der Waals surface area contributed by atoms with Crippen molar-refractivity contribution in [2.45, 2.75) is 31.8 Å². The molecule has 3 aromatic rings. The number of aromatic nitrogens is 4. The molecule has 3 heterocycles. The Morgan fingerprint density at radius 2 is 2.00 bits per heavy atom. The van der Waals surface area contributed by atoms with Crippen LogP contribution in [0.25, 0.3) is 10.7 Å². The average Bonchev–Trinajstić information content (AvgIpc) is 3.15. The predicted molar refractivity (Wildman–Crippen MR) is 112 cm³/mol. The van der Waals surface area contributed by atoms with Crippen molar-refractivity contribution in [1.29, 1.82) is 0 Å². The summed E-state index contributed by atoms with van der Waals surface area (Å²) in [6.45, 7) is 3.63. The van der Waals surface area contributed by atoms with Crippen molar-refractivity contribution in [1.82, 2.24) is 19.6 Å². The Morgan fingerprint density at radius 3 is 2.61 bits per heavy atom. The number of methoxy groups -OCH3 is 1. The number of benzene rings is 1. The topological polar surface area (TPSA) is 64.0 Å². The van der Waals surface area contributed by atoms with Gasteiger partial charge in [-0.05, 0) is 61.1 Å². The van der Waals surface area contributed by atoms with Crippen molar-refractivity contribution in [3.63, 3.8) is 0 Å². The summed E-state index contributed by atoms with van der Waals surface area (Å²) in [6, 6.07) is 12.0. The van der Waals surface area contributed by atoms with Gasteiger partial charge in [0.2, 0.25) is 0 Å². The second-order valence-electron chi connectivity index (χ2n) is 7.10. The van der Waals surface area contributed by atoms with Gasteiger partial charge in [-0.15, -0.1) is 10.2 Å². The smallest absolute Gasteiger partial charge is 0.164 e. The normalized spacial score (nSPS) is 16.3. The van der Waals surface area contributed by atoms with Crippen LogP contribution in [0.3, 0.4) is 0 Å². The molecule has 1 aliphatic rings. The van der Waals surface area contributed by atoms with Gasteiger partial charge in [0, 0.05) is 31.6 Å². The Balaban J connectivity index is 1.42. The molecular weight excluding hydrogens is 394 g/mol. The van der Waals surface area contributed by atoms with Crippen LogP contribution in [0.4, 0.5) is 5.82 Å². The van der Waals surface area contributed by atoms with Gasteiger partial charge in [-0.2, -0.15) is 4.37 Å². The average molecular weight is 416 g/mol. The summed E-state index contributed by atoms with van der Waals surface area (Å²) < 4.78 is 10.2. The van der Waals surface area contributed by atoms with Gasteiger partial charge in [0.25, 0.3) is 0 Å². The molecule has 0 atom stereocenters. The van der Waals surface area contributed by atoms with Crippen LogP contribution in [0.1, 0.15) is 24.2 Å². The third-order valence-electron chi connectivity index (χ3n) is 5.24. The van der Waals surface area contributed by atoms with E-state index < -0.39 is 0 Å². The van der Waals surface area contributed by atoms with Gasteiger partial charge in [-0.25, -0.2) is 4.98 Å². The highest BCUT2D eigenvalue weighted by Gasteiger charge is 2.35. The standard InChI is InChI=1S/C20H22ClN5OS/c1-14-22-19(28-25-14)17-6-7-18(24-23-17)26-10-8-20(27-2,9-11-26)13-15-4-3-5-16(21)12-15/h3-7,12H,8-11,13H2,1-2H3. The van der Waals surface area contributed by atoms with E-state index in [1.54, 1.807) is 7.11 Å². The van der Waals surface area contributed by atoms with Crippen LogP contribution in [-0.4, -0.2) is 45.4 Å². The number of hydrogen-bond donors (Lipinski definition) is 0. The van der Waals surface area contributed by atoms with E-state index in [1.165, 1.54) is 17.1 Å². The fourth-order valence-electron chi connectivity index (χ4n) is 3.62. The lowest BCUT2D eigenvalue weighted by atomic mass is 9.85. The van der Waals surface area contributed by atoms with E-state index in [0.29, 0.717) is 0 Å². The van der Waals surface area contributed by atoms with Crippen molar-refractivity contribution in [3.8, 4) is 10.7 Å². The third-order valence-corrected chi connectivity index (χ3v) is 6.31. The van der Waals surface area contributed by atoms with Crippen LogP contribution < -0.4 is 4.90 Å². The van der Waals surface area contributed by atoms with E-state index in [2.05, 4.69) is 30.5 Å². The molecule has 0 radical (unpaired) electrons. The molecule has 1 fully saturated rings. The molecule has 0 unspecified atom stereocenters. The quantitative estimate of drug-likeness (QED) is 0.622. The maximum absolute atomic E-state index is 6.14. The van der Waals surface area contributed by atoms with Crippen molar-refractivity contribution in [2.75, 3.05) is 25.1 Å². The molecule has 8 heteroatoms. The lowest BCUT2D eigenvalue weighted by molar-refractivity contribution is -0.0290. The molecule has 0 aliphatic carbocycles. The van der Waals surface area contributed by atoms with Gasteiger partial charge >= 0.3 is 0 Å². The molecule has 28 heavy (non-hydrogen) atoms. The Labute approximate surface area is 173 Å². The highest BCUT2D eigenvalue weighted by molar-refractivity contribution is 7.09. The minimum Gasteiger partial charge on any atom is -0.378 e. The molecule has 0 N–H and O–H groups in total. The monoisotopic (exact) mass is 415 g/mol. The van der Waals surface area contributed by atoms with Gasteiger partial charge < -0.3 is 9.64 Å². The van der Waals surface area contributed by atoms with Gasteiger partial charge in [-0.1, -0.05) is 23.7 Å². The predicted octanol–water partition coefficient (Wildman–Crippen LogP) is 4.19. The highest BCUT2D eigenvalue weighted by atomic mass is 35.5. The van der Waals surface area contributed by atoms with E-state index in [9.17, 15) is 0 Å². The van der Waals surface area contributed by atoms with Crippen LogP contribution in [0.2, 0.25) is 5.02 Å². The van der Waals surface area contributed by atoms with Gasteiger partial charge in [0.05, 0.1) is 5.60 Å². The largest absolute Gasteiger partial charge is 0.378 e. The highest BCUT2D eigenvalue weighted by Crippen LogP contribution is 2.32. The summed E-state index contributed by atoms with van der Waals surface area (Å²) in [5, 5.41) is 10.3. The number of ether oxygens (including phenoxy) is 1. The second kappa shape index (κ2) is 8.11. The molecule has 1 aromatic carbocycles. The zero-order valence-electron chi connectivity index (χ0n) is 15.9. The zero-order valence-corrected chi connectivity index (χ0v) is 17.5. The van der Waals surface area contributed by atoms with E-state index in [1.807, 2.05) is 37.3 Å².